The van der Waals surface area contributed by atoms with Crippen LogP contribution in [0.15, 0.2) is 18.3 Å². The summed E-state index contributed by atoms with van der Waals surface area (Å²) in [6.45, 7) is 1.93. The molecule has 0 saturated carbocycles. The highest BCUT2D eigenvalue weighted by atomic mass is 35.5. The first kappa shape index (κ1) is 12.9. The van der Waals surface area contributed by atoms with Crippen molar-refractivity contribution in [1.29, 1.82) is 0 Å². The van der Waals surface area contributed by atoms with E-state index < -0.39 is 0 Å². The quantitative estimate of drug-likeness (QED) is 0.807. The minimum atomic E-state index is -0.0498. The van der Waals surface area contributed by atoms with Crippen molar-refractivity contribution >= 4 is 23.2 Å². The van der Waals surface area contributed by atoms with E-state index in [4.69, 9.17) is 16.3 Å². The van der Waals surface area contributed by atoms with Crippen LogP contribution in [0.3, 0.4) is 0 Å². The van der Waals surface area contributed by atoms with Gasteiger partial charge in [0.25, 0.3) is 0 Å². The van der Waals surface area contributed by atoms with Crippen LogP contribution in [0.25, 0.3) is 0 Å². The molecule has 1 unspecified atom stereocenters. The smallest absolute Gasteiger partial charge is 0.224 e. The van der Waals surface area contributed by atoms with Gasteiger partial charge < -0.3 is 10.1 Å². The molecule has 1 N–H and O–H groups in total. The van der Waals surface area contributed by atoms with Crippen LogP contribution in [0.4, 0.5) is 5.69 Å². The zero-order valence-electron chi connectivity index (χ0n) is 9.37. The predicted molar refractivity (Wildman–Crippen MR) is 63.6 cm³/mol. The SMILES string of the molecule is COC(C)CCC(=O)Nc1ccnc(Cl)c1. The van der Waals surface area contributed by atoms with Gasteiger partial charge in [-0.3, -0.25) is 4.79 Å². The summed E-state index contributed by atoms with van der Waals surface area (Å²) in [5.41, 5.74) is 0.662. The fourth-order valence-electron chi connectivity index (χ4n) is 1.16. The summed E-state index contributed by atoms with van der Waals surface area (Å²) < 4.78 is 5.06. The second-order valence-electron chi connectivity index (χ2n) is 3.50. The molecule has 0 aliphatic rings. The highest BCUT2D eigenvalue weighted by Crippen LogP contribution is 2.12. The zero-order valence-corrected chi connectivity index (χ0v) is 10.1. The first-order valence-corrected chi connectivity index (χ1v) is 5.44. The van der Waals surface area contributed by atoms with Gasteiger partial charge in [0.15, 0.2) is 0 Å². The van der Waals surface area contributed by atoms with Crippen LogP contribution >= 0.6 is 11.6 Å². The molecular formula is C11H15ClN2O2. The molecule has 88 valence electrons. The van der Waals surface area contributed by atoms with Gasteiger partial charge in [-0.05, 0) is 25.5 Å². The van der Waals surface area contributed by atoms with Crippen LogP contribution in [-0.4, -0.2) is 24.1 Å². The Morgan fingerprint density at radius 1 is 1.69 bits per heavy atom. The fraction of sp³-hybridized carbons (Fsp3) is 0.455. The average molecular weight is 243 g/mol. The van der Waals surface area contributed by atoms with Gasteiger partial charge in [-0.25, -0.2) is 4.98 Å². The van der Waals surface area contributed by atoms with Crippen molar-refractivity contribution in [2.45, 2.75) is 25.9 Å². The lowest BCUT2D eigenvalue weighted by atomic mass is 10.2. The molecule has 0 aromatic carbocycles. The Morgan fingerprint density at radius 3 is 3.06 bits per heavy atom. The van der Waals surface area contributed by atoms with E-state index in [-0.39, 0.29) is 12.0 Å². The van der Waals surface area contributed by atoms with Gasteiger partial charge in [0.2, 0.25) is 5.91 Å². The third-order valence-corrected chi connectivity index (χ3v) is 2.40. The number of nitrogens with zero attached hydrogens (tertiary/aromatic N) is 1. The third-order valence-electron chi connectivity index (χ3n) is 2.19. The number of ether oxygens (including phenoxy) is 1. The molecule has 1 aromatic rings. The van der Waals surface area contributed by atoms with Gasteiger partial charge in [-0.1, -0.05) is 11.6 Å². The normalized spacial score (nSPS) is 12.2. The van der Waals surface area contributed by atoms with Gasteiger partial charge in [-0.15, -0.1) is 0 Å². The molecule has 0 aliphatic heterocycles. The molecular weight excluding hydrogens is 228 g/mol. The van der Waals surface area contributed by atoms with E-state index in [1.165, 1.54) is 0 Å². The Bertz CT molecular complexity index is 358. The molecule has 1 aromatic heterocycles. The van der Waals surface area contributed by atoms with Crippen molar-refractivity contribution < 1.29 is 9.53 Å². The number of halogens is 1. The van der Waals surface area contributed by atoms with Crippen LogP contribution in [-0.2, 0) is 9.53 Å². The molecule has 0 bridgehead atoms. The van der Waals surface area contributed by atoms with E-state index in [2.05, 4.69) is 10.3 Å². The maximum atomic E-state index is 11.5. The van der Waals surface area contributed by atoms with E-state index in [9.17, 15) is 4.79 Å². The van der Waals surface area contributed by atoms with Gasteiger partial charge in [0, 0.05) is 25.4 Å². The molecule has 1 amide bonds. The maximum Gasteiger partial charge on any atom is 0.224 e. The summed E-state index contributed by atoms with van der Waals surface area (Å²) in [4.78, 5) is 15.3. The highest BCUT2D eigenvalue weighted by molar-refractivity contribution is 6.29. The molecule has 16 heavy (non-hydrogen) atoms. The maximum absolute atomic E-state index is 11.5. The van der Waals surface area contributed by atoms with Crippen LogP contribution < -0.4 is 5.32 Å². The Kier molecular flexibility index (Phi) is 5.22. The molecule has 0 radical (unpaired) electrons. The summed E-state index contributed by atoms with van der Waals surface area (Å²) in [5, 5.41) is 3.11. The topological polar surface area (TPSA) is 51.2 Å². The Balaban J connectivity index is 2.40. The minimum absolute atomic E-state index is 0.0498. The van der Waals surface area contributed by atoms with Crippen molar-refractivity contribution in [3.05, 3.63) is 23.5 Å². The van der Waals surface area contributed by atoms with Crippen molar-refractivity contribution in [2.75, 3.05) is 12.4 Å². The van der Waals surface area contributed by atoms with E-state index >= 15 is 0 Å². The van der Waals surface area contributed by atoms with E-state index in [0.717, 1.165) is 0 Å². The molecule has 0 spiro atoms. The van der Waals surface area contributed by atoms with Gasteiger partial charge >= 0.3 is 0 Å². The second-order valence-corrected chi connectivity index (χ2v) is 3.89. The van der Waals surface area contributed by atoms with E-state index in [1.807, 2.05) is 6.92 Å². The van der Waals surface area contributed by atoms with Crippen LogP contribution in [0.2, 0.25) is 5.15 Å². The fourth-order valence-corrected chi connectivity index (χ4v) is 1.33. The van der Waals surface area contributed by atoms with Crippen LogP contribution in [0.1, 0.15) is 19.8 Å². The number of aromatic nitrogens is 1. The second kappa shape index (κ2) is 6.45. The first-order chi connectivity index (χ1) is 7.61. The number of nitrogens with one attached hydrogen (secondary N) is 1. The summed E-state index contributed by atoms with van der Waals surface area (Å²) in [6.07, 6.45) is 2.76. The largest absolute Gasteiger partial charge is 0.382 e. The predicted octanol–water partition coefficient (Wildman–Crippen LogP) is 2.49. The van der Waals surface area contributed by atoms with Crippen molar-refractivity contribution in [2.24, 2.45) is 0 Å². The van der Waals surface area contributed by atoms with Gasteiger partial charge in [0.1, 0.15) is 5.15 Å². The molecule has 1 rings (SSSR count). The molecule has 1 heterocycles. The Hall–Kier alpha value is -1.13. The van der Waals surface area contributed by atoms with Crippen LogP contribution in [0, 0.1) is 0 Å². The summed E-state index contributed by atoms with van der Waals surface area (Å²) in [6, 6.07) is 3.31. The first-order valence-electron chi connectivity index (χ1n) is 5.06. The molecule has 5 heteroatoms. The monoisotopic (exact) mass is 242 g/mol. The molecule has 0 saturated heterocycles. The van der Waals surface area contributed by atoms with Gasteiger partial charge in [-0.2, -0.15) is 0 Å². The van der Waals surface area contributed by atoms with Crippen molar-refractivity contribution in [3.63, 3.8) is 0 Å². The number of pyridine rings is 1. The molecule has 0 fully saturated rings. The number of carbonyl (C=O) groups excluding carboxylic acids is 1. The summed E-state index contributed by atoms with van der Waals surface area (Å²) in [7, 11) is 1.63. The lowest BCUT2D eigenvalue weighted by Gasteiger charge is -2.09. The number of hydrogen-bond donors (Lipinski definition) is 1. The molecule has 4 nitrogen and oxygen atoms in total. The highest BCUT2D eigenvalue weighted by Gasteiger charge is 2.06. The number of carbonyl (C=O) groups is 1. The Morgan fingerprint density at radius 2 is 2.44 bits per heavy atom. The lowest BCUT2D eigenvalue weighted by Crippen LogP contribution is -2.15. The number of methoxy groups -OCH3 is 1. The number of amides is 1. The number of hydrogen-bond acceptors (Lipinski definition) is 3. The number of anilines is 1. The minimum Gasteiger partial charge on any atom is -0.382 e. The summed E-state index contributed by atoms with van der Waals surface area (Å²) >= 11 is 5.70. The van der Waals surface area contributed by atoms with Crippen LogP contribution in [0.5, 0.6) is 0 Å². The lowest BCUT2D eigenvalue weighted by molar-refractivity contribution is -0.116. The third kappa shape index (κ3) is 4.59. The molecule has 0 aliphatic carbocycles. The molecule has 1 atom stereocenters. The average Bonchev–Trinajstić information content (AvgIpc) is 2.26. The Labute approximate surface area is 100.0 Å². The number of rotatable bonds is 5. The standard InChI is InChI=1S/C11H15ClN2O2/c1-8(16-2)3-4-11(15)14-9-5-6-13-10(12)7-9/h5-8H,3-4H2,1-2H3,(H,13,14,15). The summed E-state index contributed by atoms with van der Waals surface area (Å²) in [5.74, 6) is -0.0498. The van der Waals surface area contributed by atoms with Crippen molar-refractivity contribution in [3.8, 4) is 0 Å². The van der Waals surface area contributed by atoms with E-state index in [0.29, 0.717) is 23.7 Å². The van der Waals surface area contributed by atoms with Gasteiger partial charge in [0.05, 0.1) is 6.10 Å². The zero-order chi connectivity index (χ0) is 12.0. The van der Waals surface area contributed by atoms with Crippen molar-refractivity contribution in [1.82, 2.24) is 4.98 Å². The van der Waals surface area contributed by atoms with E-state index in [1.54, 1.807) is 25.4 Å².